The molecule has 1 aromatic carbocycles. The van der Waals surface area contributed by atoms with Gasteiger partial charge in [-0.15, -0.1) is 0 Å². The van der Waals surface area contributed by atoms with E-state index in [1.807, 2.05) is 12.1 Å². The number of benzene rings is 1. The minimum absolute atomic E-state index is 0.202. The Balaban J connectivity index is 1.80. The lowest BCUT2D eigenvalue weighted by atomic mass is 10.1. The van der Waals surface area contributed by atoms with Crippen molar-refractivity contribution >= 4 is 6.09 Å². The standard InChI is InChI=1S/C15H22N2O3/c1-3-8-16-11(2)12-4-6-13(7-5-12)19-10-14-9-17-15(18)20-14/h4-7,11,14,16H,3,8-10H2,1-2H3,(H,17,18). The highest BCUT2D eigenvalue weighted by atomic mass is 16.6. The number of rotatable bonds is 7. The SMILES string of the molecule is CCCNC(C)c1ccc(OCC2CNC(=O)O2)cc1. The lowest BCUT2D eigenvalue weighted by molar-refractivity contribution is 0.105. The molecule has 1 heterocycles. The maximum absolute atomic E-state index is 10.9. The number of nitrogens with one attached hydrogen (secondary N) is 2. The average molecular weight is 278 g/mol. The zero-order valence-corrected chi connectivity index (χ0v) is 12.0. The van der Waals surface area contributed by atoms with Gasteiger partial charge in [0, 0.05) is 6.04 Å². The number of hydrogen-bond donors (Lipinski definition) is 2. The molecule has 5 nitrogen and oxygen atoms in total. The molecular weight excluding hydrogens is 256 g/mol. The number of carbonyl (C=O) groups excluding carboxylic acids is 1. The molecule has 2 N–H and O–H groups in total. The van der Waals surface area contributed by atoms with Crippen LogP contribution in [0.2, 0.25) is 0 Å². The predicted molar refractivity (Wildman–Crippen MR) is 76.9 cm³/mol. The molecule has 0 bridgehead atoms. The number of hydrogen-bond acceptors (Lipinski definition) is 4. The van der Waals surface area contributed by atoms with Crippen molar-refractivity contribution in [2.45, 2.75) is 32.4 Å². The van der Waals surface area contributed by atoms with Crippen molar-refractivity contribution in [2.75, 3.05) is 19.7 Å². The Bertz CT molecular complexity index is 433. The monoisotopic (exact) mass is 278 g/mol. The van der Waals surface area contributed by atoms with Crippen LogP contribution < -0.4 is 15.4 Å². The molecule has 110 valence electrons. The van der Waals surface area contributed by atoms with Gasteiger partial charge in [0.2, 0.25) is 0 Å². The smallest absolute Gasteiger partial charge is 0.407 e. The van der Waals surface area contributed by atoms with Gasteiger partial charge in [-0.2, -0.15) is 0 Å². The summed E-state index contributed by atoms with van der Waals surface area (Å²) in [5.41, 5.74) is 1.24. The van der Waals surface area contributed by atoms with Crippen LogP contribution in [0.1, 0.15) is 31.9 Å². The Kier molecular flexibility index (Phi) is 5.24. The fourth-order valence-electron chi connectivity index (χ4n) is 2.05. The summed E-state index contributed by atoms with van der Waals surface area (Å²) < 4.78 is 10.6. The lowest BCUT2D eigenvalue weighted by Crippen LogP contribution is -2.22. The minimum Gasteiger partial charge on any atom is -0.490 e. The third kappa shape index (κ3) is 4.13. The highest BCUT2D eigenvalue weighted by molar-refractivity contribution is 5.69. The highest BCUT2D eigenvalue weighted by Gasteiger charge is 2.22. The summed E-state index contributed by atoms with van der Waals surface area (Å²) in [6, 6.07) is 8.35. The molecular formula is C15H22N2O3. The molecule has 1 amide bonds. The van der Waals surface area contributed by atoms with Crippen molar-refractivity contribution < 1.29 is 14.3 Å². The van der Waals surface area contributed by atoms with E-state index in [2.05, 4.69) is 36.6 Å². The fraction of sp³-hybridized carbons (Fsp3) is 0.533. The first kappa shape index (κ1) is 14.7. The molecule has 20 heavy (non-hydrogen) atoms. The predicted octanol–water partition coefficient (Wildman–Crippen LogP) is 2.23. The van der Waals surface area contributed by atoms with Gasteiger partial charge >= 0.3 is 6.09 Å². The van der Waals surface area contributed by atoms with Crippen LogP contribution in [0.15, 0.2) is 24.3 Å². The van der Waals surface area contributed by atoms with Gasteiger partial charge in [-0.05, 0) is 37.6 Å². The van der Waals surface area contributed by atoms with E-state index in [-0.39, 0.29) is 12.2 Å². The summed E-state index contributed by atoms with van der Waals surface area (Å²) in [6.07, 6.45) is 0.553. The van der Waals surface area contributed by atoms with Crippen molar-refractivity contribution in [1.29, 1.82) is 0 Å². The highest BCUT2D eigenvalue weighted by Crippen LogP contribution is 2.18. The van der Waals surface area contributed by atoms with Crippen LogP contribution in [0.4, 0.5) is 4.79 Å². The molecule has 1 aliphatic heterocycles. The zero-order chi connectivity index (χ0) is 14.4. The largest absolute Gasteiger partial charge is 0.490 e. The van der Waals surface area contributed by atoms with Crippen LogP contribution in [0.3, 0.4) is 0 Å². The second-order valence-corrected chi connectivity index (χ2v) is 4.96. The van der Waals surface area contributed by atoms with Crippen LogP contribution in [0.5, 0.6) is 5.75 Å². The Morgan fingerprint density at radius 3 is 2.80 bits per heavy atom. The quantitative estimate of drug-likeness (QED) is 0.803. The lowest BCUT2D eigenvalue weighted by Gasteiger charge is -2.15. The molecule has 2 atom stereocenters. The molecule has 1 aromatic rings. The van der Waals surface area contributed by atoms with E-state index in [0.29, 0.717) is 19.2 Å². The van der Waals surface area contributed by atoms with E-state index in [0.717, 1.165) is 18.7 Å². The normalized spacial score (nSPS) is 19.3. The first-order chi connectivity index (χ1) is 9.69. The maximum atomic E-state index is 10.9. The summed E-state index contributed by atoms with van der Waals surface area (Å²) in [4.78, 5) is 10.9. The second-order valence-electron chi connectivity index (χ2n) is 4.96. The van der Waals surface area contributed by atoms with Gasteiger partial charge in [0.1, 0.15) is 12.4 Å². The van der Waals surface area contributed by atoms with Gasteiger partial charge in [0.15, 0.2) is 6.10 Å². The average Bonchev–Trinajstić information content (AvgIpc) is 2.89. The topological polar surface area (TPSA) is 59.6 Å². The van der Waals surface area contributed by atoms with Crippen LogP contribution in [0, 0.1) is 0 Å². The number of cyclic esters (lactones) is 1. The van der Waals surface area contributed by atoms with E-state index in [1.54, 1.807) is 0 Å². The summed E-state index contributed by atoms with van der Waals surface area (Å²) in [7, 11) is 0. The molecule has 2 unspecified atom stereocenters. The Morgan fingerprint density at radius 1 is 1.45 bits per heavy atom. The van der Waals surface area contributed by atoms with Gasteiger partial charge < -0.3 is 20.1 Å². The van der Waals surface area contributed by atoms with Gasteiger partial charge in [-0.1, -0.05) is 19.1 Å². The van der Waals surface area contributed by atoms with Crippen LogP contribution in [-0.4, -0.2) is 31.9 Å². The molecule has 1 fully saturated rings. The number of carbonyl (C=O) groups is 1. The Hall–Kier alpha value is -1.75. The van der Waals surface area contributed by atoms with Gasteiger partial charge in [0.05, 0.1) is 6.54 Å². The van der Waals surface area contributed by atoms with Gasteiger partial charge in [0.25, 0.3) is 0 Å². The molecule has 0 aliphatic carbocycles. The Morgan fingerprint density at radius 2 is 2.20 bits per heavy atom. The number of ether oxygens (including phenoxy) is 2. The van der Waals surface area contributed by atoms with Crippen molar-refractivity contribution in [3.8, 4) is 5.75 Å². The van der Waals surface area contributed by atoms with E-state index < -0.39 is 0 Å². The maximum Gasteiger partial charge on any atom is 0.407 e. The van der Waals surface area contributed by atoms with Crippen LogP contribution >= 0.6 is 0 Å². The second kappa shape index (κ2) is 7.14. The molecule has 1 aliphatic rings. The molecule has 0 saturated carbocycles. The summed E-state index contributed by atoms with van der Waals surface area (Å²) in [5, 5.41) is 6.04. The van der Waals surface area contributed by atoms with E-state index in [4.69, 9.17) is 9.47 Å². The van der Waals surface area contributed by atoms with Gasteiger partial charge in [-0.25, -0.2) is 4.79 Å². The Labute approximate surface area is 119 Å². The van der Waals surface area contributed by atoms with Gasteiger partial charge in [-0.3, -0.25) is 0 Å². The molecule has 0 radical (unpaired) electrons. The molecule has 1 saturated heterocycles. The van der Waals surface area contributed by atoms with E-state index in [1.165, 1.54) is 5.56 Å². The van der Waals surface area contributed by atoms with Crippen molar-refractivity contribution in [2.24, 2.45) is 0 Å². The van der Waals surface area contributed by atoms with E-state index >= 15 is 0 Å². The van der Waals surface area contributed by atoms with Crippen LogP contribution in [0.25, 0.3) is 0 Å². The summed E-state index contributed by atoms with van der Waals surface area (Å²) in [5.74, 6) is 0.791. The van der Waals surface area contributed by atoms with Crippen molar-refractivity contribution in [1.82, 2.24) is 10.6 Å². The molecule has 0 spiro atoms. The minimum atomic E-state index is -0.371. The summed E-state index contributed by atoms with van der Waals surface area (Å²) >= 11 is 0. The molecule has 5 heteroatoms. The first-order valence-electron chi connectivity index (χ1n) is 7.09. The number of alkyl carbamates (subject to hydrolysis) is 1. The van der Waals surface area contributed by atoms with Crippen molar-refractivity contribution in [3.63, 3.8) is 0 Å². The van der Waals surface area contributed by atoms with E-state index in [9.17, 15) is 4.79 Å². The zero-order valence-electron chi connectivity index (χ0n) is 12.0. The molecule has 2 rings (SSSR count). The fourth-order valence-corrected chi connectivity index (χ4v) is 2.05. The third-order valence-corrected chi connectivity index (χ3v) is 3.26. The first-order valence-corrected chi connectivity index (χ1v) is 7.09. The van der Waals surface area contributed by atoms with Crippen molar-refractivity contribution in [3.05, 3.63) is 29.8 Å². The number of amides is 1. The third-order valence-electron chi connectivity index (χ3n) is 3.26. The van der Waals surface area contributed by atoms with Crippen LogP contribution in [-0.2, 0) is 4.74 Å². The molecule has 0 aromatic heterocycles. The summed E-state index contributed by atoms with van der Waals surface area (Å²) in [6.45, 7) is 6.20.